The van der Waals surface area contributed by atoms with Crippen molar-refractivity contribution in [3.63, 3.8) is 0 Å². The maximum absolute atomic E-state index is 12.6. The maximum atomic E-state index is 12.6. The number of hydrogen-bond donors (Lipinski definition) is 0. The van der Waals surface area contributed by atoms with Crippen LogP contribution in [0, 0.1) is 33.2 Å². The van der Waals surface area contributed by atoms with E-state index >= 15 is 0 Å². The molecule has 0 heterocycles. The second-order valence-corrected chi connectivity index (χ2v) is 6.42. The van der Waals surface area contributed by atoms with Gasteiger partial charge in [0.15, 0.2) is 5.75 Å². The van der Waals surface area contributed by atoms with Crippen LogP contribution in [-0.4, -0.2) is 17.0 Å². The number of hydrogen-bond acceptors (Lipinski definition) is 5. The summed E-state index contributed by atoms with van der Waals surface area (Å²) in [6, 6.07) is 8.56. The van der Waals surface area contributed by atoms with Crippen LogP contribution in [0.5, 0.6) is 5.75 Å². The fraction of sp³-hybridized carbons (Fsp3) is 0.0769. The molecule has 0 N–H and O–H groups in total. The number of rotatable bonds is 3. The van der Waals surface area contributed by atoms with Crippen molar-refractivity contribution >= 4 is 56.6 Å². The van der Waals surface area contributed by atoms with Gasteiger partial charge in [0.1, 0.15) is 0 Å². The summed E-state index contributed by atoms with van der Waals surface area (Å²) >= 11 is 3.90. The molecule has 2 aromatic rings. The van der Waals surface area contributed by atoms with E-state index < -0.39 is 21.4 Å². The molecule has 0 aliphatic carbocycles. The SMILES string of the molecule is COc1ccc(I)cc1[N+](=O)[O-].O=[N+]([O-])c1cc(I)ccc1F. The van der Waals surface area contributed by atoms with Crippen LogP contribution in [0.3, 0.4) is 0 Å². The highest BCUT2D eigenvalue weighted by atomic mass is 127. The molecule has 0 aromatic heterocycles. The number of nitro benzene ring substituents is 2. The molecule has 0 amide bonds. The topological polar surface area (TPSA) is 95.5 Å². The monoisotopic (exact) mass is 546 g/mol. The molecule has 0 fully saturated rings. The molecule has 0 bridgehead atoms. The molecular formula is C13H9FI2N2O5. The number of halogens is 3. The number of benzene rings is 2. The van der Waals surface area contributed by atoms with Gasteiger partial charge < -0.3 is 4.74 Å². The standard InChI is InChI=1S/C7H6INO3.C6H3FINO2/c1-12-7-3-2-5(8)4-6(7)9(10)11;7-5-2-1-4(8)3-6(5)9(10)11/h2-4H,1H3;1-3H. The average molecular weight is 546 g/mol. The van der Waals surface area contributed by atoms with Gasteiger partial charge in [-0.15, -0.1) is 0 Å². The van der Waals surface area contributed by atoms with Crippen LogP contribution in [0.4, 0.5) is 15.8 Å². The van der Waals surface area contributed by atoms with Crippen molar-refractivity contribution in [2.45, 2.75) is 0 Å². The van der Waals surface area contributed by atoms with E-state index in [0.717, 1.165) is 9.64 Å². The highest BCUT2D eigenvalue weighted by molar-refractivity contribution is 14.1. The molecule has 7 nitrogen and oxygen atoms in total. The Morgan fingerprint density at radius 2 is 1.43 bits per heavy atom. The number of methoxy groups -OCH3 is 1. The van der Waals surface area contributed by atoms with Crippen molar-refractivity contribution < 1.29 is 19.0 Å². The zero-order chi connectivity index (χ0) is 17.6. The lowest BCUT2D eigenvalue weighted by Gasteiger charge is -2.00. The zero-order valence-corrected chi connectivity index (χ0v) is 15.8. The Hall–Kier alpha value is -1.57. The molecule has 0 saturated heterocycles. The molecule has 0 aliphatic rings. The molecule has 2 aromatic carbocycles. The van der Waals surface area contributed by atoms with E-state index in [-0.39, 0.29) is 5.69 Å². The lowest BCUT2D eigenvalue weighted by atomic mass is 10.3. The van der Waals surface area contributed by atoms with Gasteiger partial charge >= 0.3 is 11.4 Å². The van der Waals surface area contributed by atoms with E-state index in [2.05, 4.69) is 0 Å². The van der Waals surface area contributed by atoms with Gasteiger partial charge in [0, 0.05) is 19.3 Å². The van der Waals surface area contributed by atoms with Gasteiger partial charge in [0.2, 0.25) is 5.82 Å². The number of nitro groups is 2. The lowest BCUT2D eigenvalue weighted by molar-refractivity contribution is -0.387. The van der Waals surface area contributed by atoms with E-state index in [0.29, 0.717) is 9.32 Å². The Labute approximate surface area is 157 Å². The summed E-state index contributed by atoms with van der Waals surface area (Å²) in [5.41, 5.74) is -0.471. The lowest BCUT2D eigenvalue weighted by Crippen LogP contribution is -1.93. The highest BCUT2D eigenvalue weighted by Crippen LogP contribution is 2.27. The van der Waals surface area contributed by atoms with E-state index in [9.17, 15) is 24.6 Å². The summed E-state index contributed by atoms with van der Waals surface area (Å²) < 4.78 is 18.9. The fourth-order valence-corrected chi connectivity index (χ4v) is 2.38. The Balaban J connectivity index is 0.000000231. The predicted molar refractivity (Wildman–Crippen MR) is 98.1 cm³/mol. The van der Waals surface area contributed by atoms with Crippen molar-refractivity contribution in [2.24, 2.45) is 0 Å². The molecule has 0 radical (unpaired) electrons. The first-order valence-corrected chi connectivity index (χ1v) is 7.99. The molecule has 10 heteroatoms. The van der Waals surface area contributed by atoms with Crippen LogP contribution in [-0.2, 0) is 0 Å². The summed E-state index contributed by atoms with van der Waals surface area (Å²) in [5, 5.41) is 20.6. The molecule has 0 unspecified atom stereocenters. The van der Waals surface area contributed by atoms with Gasteiger partial charge in [-0.2, -0.15) is 4.39 Å². The zero-order valence-electron chi connectivity index (χ0n) is 11.5. The second-order valence-electron chi connectivity index (χ2n) is 3.93. The maximum Gasteiger partial charge on any atom is 0.311 e. The first-order chi connectivity index (χ1) is 10.8. The third-order valence-electron chi connectivity index (χ3n) is 2.44. The summed E-state index contributed by atoms with van der Waals surface area (Å²) in [7, 11) is 1.41. The minimum absolute atomic E-state index is 0.00407. The molecule has 0 saturated carbocycles. The van der Waals surface area contributed by atoms with E-state index in [1.54, 1.807) is 12.1 Å². The molecule has 0 spiro atoms. The highest BCUT2D eigenvalue weighted by Gasteiger charge is 2.14. The Morgan fingerprint density at radius 3 is 1.87 bits per heavy atom. The molecule has 122 valence electrons. The van der Waals surface area contributed by atoms with Gasteiger partial charge in [-0.1, -0.05) is 0 Å². The predicted octanol–water partition coefficient (Wildman–Crippen LogP) is 4.55. The number of ether oxygens (including phenoxy) is 1. The molecule has 2 rings (SSSR count). The second kappa shape index (κ2) is 8.90. The van der Waals surface area contributed by atoms with Gasteiger partial charge in [-0.25, -0.2) is 0 Å². The number of nitrogens with zero attached hydrogens (tertiary/aromatic N) is 2. The minimum Gasteiger partial charge on any atom is -0.490 e. The van der Waals surface area contributed by atoms with Crippen LogP contribution < -0.4 is 4.74 Å². The van der Waals surface area contributed by atoms with Crippen LogP contribution in [0.1, 0.15) is 0 Å². The first kappa shape index (κ1) is 19.5. The van der Waals surface area contributed by atoms with Crippen molar-refractivity contribution in [2.75, 3.05) is 7.11 Å². The van der Waals surface area contributed by atoms with Crippen molar-refractivity contribution in [1.82, 2.24) is 0 Å². The van der Waals surface area contributed by atoms with Crippen LogP contribution in [0.25, 0.3) is 0 Å². The van der Waals surface area contributed by atoms with Crippen LogP contribution >= 0.6 is 45.2 Å². The largest absolute Gasteiger partial charge is 0.490 e. The normalized spacial score (nSPS) is 9.57. The van der Waals surface area contributed by atoms with E-state index in [4.69, 9.17) is 4.74 Å². The first-order valence-electron chi connectivity index (χ1n) is 5.83. The summed E-state index contributed by atoms with van der Waals surface area (Å²) in [5.74, 6) is -0.504. The summed E-state index contributed by atoms with van der Waals surface area (Å²) in [6.07, 6.45) is 0. The van der Waals surface area contributed by atoms with Crippen molar-refractivity contribution in [1.29, 1.82) is 0 Å². The third kappa shape index (κ3) is 5.85. The van der Waals surface area contributed by atoms with Crippen molar-refractivity contribution in [3.05, 3.63) is 69.6 Å². The Morgan fingerprint density at radius 1 is 0.957 bits per heavy atom. The summed E-state index contributed by atoms with van der Waals surface area (Å²) in [6.45, 7) is 0. The van der Waals surface area contributed by atoms with Gasteiger partial charge in [0.25, 0.3) is 0 Å². The third-order valence-corrected chi connectivity index (χ3v) is 3.78. The molecule has 23 heavy (non-hydrogen) atoms. The average Bonchev–Trinajstić information content (AvgIpc) is 2.50. The van der Waals surface area contributed by atoms with E-state index in [1.807, 2.05) is 45.2 Å². The van der Waals surface area contributed by atoms with Gasteiger partial charge in [-0.3, -0.25) is 20.2 Å². The Bertz CT molecular complexity index is 742. The van der Waals surface area contributed by atoms with Gasteiger partial charge in [-0.05, 0) is 69.4 Å². The van der Waals surface area contributed by atoms with Crippen LogP contribution in [0.15, 0.2) is 36.4 Å². The quantitative estimate of drug-likeness (QED) is 0.320. The van der Waals surface area contributed by atoms with Crippen LogP contribution in [0.2, 0.25) is 0 Å². The van der Waals surface area contributed by atoms with E-state index in [1.165, 1.54) is 25.3 Å². The molecular weight excluding hydrogens is 537 g/mol. The minimum atomic E-state index is -0.796. The summed E-state index contributed by atoms with van der Waals surface area (Å²) in [4.78, 5) is 19.4. The molecule has 0 aliphatic heterocycles. The van der Waals surface area contributed by atoms with Crippen molar-refractivity contribution in [3.8, 4) is 5.75 Å². The van der Waals surface area contributed by atoms with Gasteiger partial charge in [0.05, 0.1) is 17.0 Å². The molecule has 0 atom stereocenters. The fourth-order valence-electron chi connectivity index (χ4n) is 1.43. The smallest absolute Gasteiger partial charge is 0.311 e. The Kier molecular flexibility index (Phi) is 7.54.